The molecule has 0 aromatic heterocycles. The fourth-order valence-electron chi connectivity index (χ4n) is 2.80. The first-order valence-electron chi connectivity index (χ1n) is 7.42. The van der Waals surface area contributed by atoms with Crippen molar-refractivity contribution in [3.8, 4) is 0 Å². The van der Waals surface area contributed by atoms with Gasteiger partial charge in [0, 0.05) is 0 Å². The molecule has 1 aliphatic carbocycles. The molecule has 3 nitrogen and oxygen atoms in total. The zero-order valence-electron chi connectivity index (χ0n) is 12.7. The van der Waals surface area contributed by atoms with Crippen LogP contribution in [0.2, 0.25) is 5.02 Å². The quantitative estimate of drug-likeness (QED) is 0.842. The normalized spacial score (nSPS) is 15.2. The number of aryl methyl sites for hydroxylation is 2. The van der Waals surface area contributed by atoms with Crippen LogP contribution in [0.5, 0.6) is 0 Å². The summed E-state index contributed by atoms with van der Waals surface area (Å²) in [6.07, 6.45) is 1.93. The molecule has 1 saturated carbocycles. The van der Waals surface area contributed by atoms with Crippen LogP contribution in [0.15, 0.2) is 42.5 Å². The molecule has 2 N–H and O–H groups in total. The Bertz CT molecular complexity index is 685. The van der Waals surface area contributed by atoms with Crippen molar-refractivity contribution in [2.45, 2.75) is 32.2 Å². The molecule has 0 saturated heterocycles. The van der Waals surface area contributed by atoms with Gasteiger partial charge in [0.1, 0.15) is 0 Å². The van der Waals surface area contributed by atoms with Crippen LogP contribution in [0, 0.1) is 13.8 Å². The summed E-state index contributed by atoms with van der Waals surface area (Å²) >= 11 is 6.24. The van der Waals surface area contributed by atoms with Crippen LogP contribution >= 0.6 is 11.6 Å². The van der Waals surface area contributed by atoms with Gasteiger partial charge in [0.25, 0.3) is 0 Å². The summed E-state index contributed by atoms with van der Waals surface area (Å²) in [5.74, 6) is 0. The van der Waals surface area contributed by atoms with Gasteiger partial charge in [0.05, 0.1) is 16.2 Å². The van der Waals surface area contributed by atoms with Crippen molar-refractivity contribution in [2.75, 3.05) is 5.32 Å². The van der Waals surface area contributed by atoms with E-state index in [0.717, 1.165) is 29.5 Å². The maximum absolute atomic E-state index is 12.3. The zero-order chi connectivity index (χ0) is 15.7. The number of carbonyl (C=O) groups excluding carboxylic acids is 1. The second-order valence-corrected chi connectivity index (χ2v) is 6.37. The van der Waals surface area contributed by atoms with Gasteiger partial charge in [-0.15, -0.1) is 0 Å². The fraction of sp³-hybridized carbons (Fsp3) is 0.278. The number of urea groups is 1. The second kappa shape index (κ2) is 5.65. The Labute approximate surface area is 135 Å². The molecule has 3 rings (SSSR count). The van der Waals surface area contributed by atoms with Crippen LogP contribution in [0.1, 0.15) is 29.5 Å². The molecule has 0 heterocycles. The van der Waals surface area contributed by atoms with E-state index in [-0.39, 0.29) is 11.6 Å². The molecule has 22 heavy (non-hydrogen) atoms. The third kappa shape index (κ3) is 2.95. The zero-order valence-corrected chi connectivity index (χ0v) is 13.5. The molecule has 114 valence electrons. The van der Waals surface area contributed by atoms with Crippen LogP contribution in [-0.2, 0) is 5.54 Å². The highest BCUT2D eigenvalue weighted by Crippen LogP contribution is 2.45. The molecular weight excluding hydrogens is 296 g/mol. The summed E-state index contributed by atoms with van der Waals surface area (Å²) < 4.78 is 0. The molecule has 2 amide bonds. The maximum Gasteiger partial charge on any atom is 0.319 e. The maximum atomic E-state index is 12.3. The monoisotopic (exact) mass is 314 g/mol. The lowest BCUT2D eigenvalue weighted by molar-refractivity contribution is 0.247. The highest BCUT2D eigenvalue weighted by Gasteiger charge is 2.45. The second-order valence-electron chi connectivity index (χ2n) is 5.97. The number of halogens is 1. The van der Waals surface area contributed by atoms with Crippen LogP contribution in [0.25, 0.3) is 0 Å². The molecule has 0 spiro atoms. The topological polar surface area (TPSA) is 41.1 Å². The summed E-state index contributed by atoms with van der Waals surface area (Å²) in [5.41, 5.74) is 3.64. The Kier molecular flexibility index (Phi) is 3.83. The van der Waals surface area contributed by atoms with Gasteiger partial charge in [0.2, 0.25) is 0 Å². The highest BCUT2D eigenvalue weighted by atomic mass is 35.5. The van der Waals surface area contributed by atoms with E-state index in [1.54, 1.807) is 0 Å². The van der Waals surface area contributed by atoms with Crippen molar-refractivity contribution in [2.24, 2.45) is 0 Å². The SMILES string of the molecule is Cc1cc(C)c(NC(=O)NC2(c3ccccc3)CC2)c(Cl)c1. The van der Waals surface area contributed by atoms with Gasteiger partial charge in [0.15, 0.2) is 0 Å². The average Bonchev–Trinajstić information content (AvgIpc) is 3.24. The molecule has 2 aromatic carbocycles. The number of hydrogen-bond donors (Lipinski definition) is 2. The Morgan fingerprint density at radius 2 is 1.82 bits per heavy atom. The highest BCUT2D eigenvalue weighted by molar-refractivity contribution is 6.34. The Morgan fingerprint density at radius 3 is 2.41 bits per heavy atom. The van der Waals surface area contributed by atoms with Crippen molar-refractivity contribution in [1.29, 1.82) is 0 Å². The average molecular weight is 315 g/mol. The minimum absolute atomic E-state index is 0.213. The van der Waals surface area contributed by atoms with Crippen molar-refractivity contribution in [3.63, 3.8) is 0 Å². The van der Waals surface area contributed by atoms with Crippen LogP contribution in [-0.4, -0.2) is 6.03 Å². The van der Waals surface area contributed by atoms with Gasteiger partial charge >= 0.3 is 6.03 Å². The van der Waals surface area contributed by atoms with E-state index in [1.165, 1.54) is 0 Å². The Morgan fingerprint density at radius 1 is 1.14 bits per heavy atom. The lowest BCUT2D eigenvalue weighted by atomic mass is 10.1. The molecule has 4 heteroatoms. The predicted molar refractivity (Wildman–Crippen MR) is 90.4 cm³/mol. The van der Waals surface area contributed by atoms with Crippen LogP contribution in [0.4, 0.5) is 10.5 Å². The number of rotatable bonds is 3. The van der Waals surface area contributed by atoms with E-state index in [0.29, 0.717) is 10.7 Å². The van der Waals surface area contributed by atoms with Crippen molar-refractivity contribution >= 4 is 23.3 Å². The summed E-state index contributed by atoms with van der Waals surface area (Å²) in [6, 6.07) is 13.7. The lowest BCUT2D eigenvalue weighted by Crippen LogP contribution is -2.38. The van der Waals surface area contributed by atoms with Gasteiger partial charge in [-0.25, -0.2) is 4.79 Å². The molecule has 0 atom stereocenters. The number of amides is 2. The number of carbonyl (C=O) groups is 1. The van der Waals surface area contributed by atoms with E-state index in [4.69, 9.17) is 11.6 Å². The molecule has 1 fully saturated rings. The number of anilines is 1. The Hall–Kier alpha value is -2.00. The lowest BCUT2D eigenvalue weighted by Gasteiger charge is -2.19. The Balaban J connectivity index is 1.74. The third-order valence-electron chi connectivity index (χ3n) is 4.10. The standard InChI is InChI=1S/C18H19ClN2O/c1-12-10-13(2)16(15(19)11-12)20-17(22)21-18(8-9-18)14-6-4-3-5-7-14/h3-7,10-11H,8-9H2,1-2H3,(H2,20,21,22). The van der Waals surface area contributed by atoms with E-state index in [9.17, 15) is 4.79 Å². The van der Waals surface area contributed by atoms with E-state index >= 15 is 0 Å². The van der Waals surface area contributed by atoms with Crippen LogP contribution < -0.4 is 10.6 Å². The minimum atomic E-state index is -0.226. The van der Waals surface area contributed by atoms with Crippen LogP contribution in [0.3, 0.4) is 0 Å². The fourth-order valence-corrected chi connectivity index (χ4v) is 3.17. The number of hydrogen-bond acceptors (Lipinski definition) is 1. The van der Waals surface area contributed by atoms with Crippen molar-refractivity contribution in [3.05, 3.63) is 64.2 Å². The molecule has 0 unspecified atom stereocenters. The first-order chi connectivity index (χ1) is 10.5. The predicted octanol–water partition coefficient (Wildman–Crippen LogP) is 4.77. The smallest absolute Gasteiger partial charge is 0.319 e. The number of benzene rings is 2. The van der Waals surface area contributed by atoms with Gasteiger partial charge < -0.3 is 10.6 Å². The first-order valence-corrected chi connectivity index (χ1v) is 7.79. The van der Waals surface area contributed by atoms with Crippen molar-refractivity contribution < 1.29 is 4.79 Å². The van der Waals surface area contributed by atoms with Gasteiger partial charge in [-0.2, -0.15) is 0 Å². The summed E-state index contributed by atoms with van der Waals surface area (Å²) in [5, 5.41) is 6.55. The van der Waals surface area contributed by atoms with E-state index < -0.39 is 0 Å². The molecular formula is C18H19ClN2O. The molecule has 0 bridgehead atoms. The molecule has 1 aliphatic rings. The third-order valence-corrected chi connectivity index (χ3v) is 4.40. The van der Waals surface area contributed by atoms with E-state index in [2.05, 4.69) is 22.8 Å². The molecule has 2 aromatic rings. The first kappa shape index (κ1) is 14.9. The van der Waals surface area contributed by atoms with Gasteiger partial charge in [-0.1, -0.05) is 48.0 Å². The summed E-state index contributed by atoms with van der Waals surface area (Å²) in [4.78, 5) is 12.3. The molecule has 0 aliphatic heterocycles. The number of nitrogens with one attached hydrogen (secondary N) is 2. The largest absolute Gasteiger partial charge is 0.328 e. The molecule has 0 radical (unpaired) electrons. The summed E-state index contributed by atoms with van der Waals surface area (Å²) in [7, 11) is 0. The van der Waals surface area contributed by atoms with E-state index in [1.807, 2.05) is 44.2 Å². The summed E-state index contributed by atoms with van der Waals surface area (Å²) in [6.45, 7) is 3.93. The van der Waals surface area contributed by atoms with Gasteiger partial charge in [-0.3, -0.25) is 0 Å². The van der Waals surface area contributed by atoms with Gasteiger partial charge in [-0.05, 0) is 49.4 Å². The van der Waals surface area contributed by atoms with Crippen molar-refractivity contribution in [1.82, 2.24) is 5.32 Å². The minimum Gasteiger partial charge on any atom is -0.328 e.